The molecule has 1 unspecified atom stereocenters. The Morgan fingerprint density at radius 2 is 1.89 bits per heavy atom. The maximum Gasteiger partial charge on any atom is 0.317 e. The fraction of sp³-hybridized carbons (Fsp3) is 0.933. The van der Waals surface area contributed by atoms with Crippen molar-refractivity contribution < 1.29 is 4.79 Å². The molecule has 0 radical (unpaired) electrons. The van der Waals surface area contributed by atoms with Crippen molar-refractivity contribution in [2.24, 2.45) is 5.92 Å². The summed E-state index contributed by atoms with van der Waals surface area (Å²) in [7, 11) is 0. The molecule has 0 aromatic carbocycles. The predicted octanol–water partition coefficient (Wildman–Crippen LogP) is 3.54. The van der Waals surface area contributed by atoms with Crippen LogP contribution in [0.1, 0.15) is 64.7 Å². The van der Waals surface area contributed by atoms with Gasteiger partial charge in [-0.2, -0.15) is 0 Å². The summed E-state index contributed by atoms with van der Waals surface area (Å²) >= 11 is 0. The van der Waals surface area contributed by atoms with Crippen LogP contribution in [0.25, 0.3) is 0 Å². The zero-order valence-corrected chi connectivity index (χ0v) is 11.8. The SMILES string of the molecule is CCCC1CCCN(C(=O)NC2CCCC2)CC1. The van der Waals surface area contributed by atoms with Crippen molar-refractivity contribution in [3.05, 3.63) is 0 Å². The van der Waals surface area contributed by atoms with Gasteiger partial charge in [0, 0.05) is 19.1 Å². The highest BCUT2D eigenvalue weighted by Gasteiger charge is 2.23. The Labute approximate surface area is 111 Å². The van der Waals surface area contributed by atoms with Crippen molar-refractivity contribution in [1.82, 2.24) is 10.2 Å². The number of nitrogens with zero attached hydrogens (tertiary/aromatic N) is 1. The molecule has 1 aliphatic heterocycles. The van der Waals surface area contributed by atoms with Crippen LogP contribution in [0.15, 0.2) is 0 Å². The molecule has 1 N–H and O–H groups in total. The molecule has 3 heteroatoms. The van der Waals surface area contributed by atoms with E-state index in [4.69, 9.17) is 0 Å². The topological polar surface area (TPSA) is 32.3 Å². The number of nitrogens with one attached hydrogen (secondary N) is 1. The average molecular weight is 252 g/mol. The Bertz CT molecular complexity index is 261. The van der Waals surface area contributed by atoms with Gasteiger partial charge in [-0.15, -0.1) is 0 Å². The van der Waals surface area contributed by atoms with Crippen LogP contribution in [-0.4, -0.2) is 30.1 Å². The summed E-state index contributed by atoms with van der Waals surface area (Å²) in [6.45, 7) is 4.18. The third-order valence-corrected chi connectivity index (χ3v) is 4.51. The summed E-state index contributed by atoms with van der Waals surface area (Å²) in [5, 5.41) is 3.21. The van der Waals surface area contributed by atoms with Crippen LogP contribution < -0.4 is 5.32 Å². The monoisotopic (exact) mass is 252 g/mol. The number of carbonyl (C=O) groups excluding carboxylic acids is 1. The summed E-state index contributed by atoms with van der Waals surface area (Å²) in [6.07, 6.45) is 11.2. The van der Waals surface area contributed by atoms with E-state index in [9.17, 15) is 4.79 Å². The zero-order valence-electron chi connectivity index (χ0n) is 11.8. The summed E-state index contributed by atoms with van der Waals surface area (Å²) in [5.41, 5.74) is 0. The van der Waals surface area contributed by atoms with E-state index in [1.54, 1.807) is 0 Å². The molecular formula is C15H28N2O. The molecule has 1 saturated carbocycles. The number of urea groups is 1. The van der Waals surface area contributed by atoms with E-state index in [-0.39, 0.29) is 6.03 Å². The molecule has 0 bridgehead atoms. The van der Waals surface area contributed by atoms with Gasteiger partial charge < -0.3 is 10.2 Å². The molecule has 2 aliphatic rings. The van der Waals surface area contributed by atoms with Crippen molar-refractivity contribution in [3.63, 3.8) is 0 Å². The van der Waals surface area contributed by atoms with Gasteiger partial charge in [0.2, 0.25) is 0 Å². The minimum absolute atomic E-state index is 0.194. The van der Waals surface area contributed by atoms with Gasteiger partial charge in [-0.3, -0.25) is 0 Å². The van der Waals surface area contributed by atoms with E-state index in [1.165, 1.54) is 57.8 Å². The van der Waals surface area contributed by atoms with Crippen molar-refractivity contribution in [2.75, 3.05) is 13.1 Å². The van der Waals surface area contributed by atoms with Crippen LogP contribution in [0.2, 0.25) is 0 Å². The lowest BCUT2D eigenvalue weighted by Crippen LogP contribution is -2.44. The number of rotatable bonds is 3. The Balaban J connectivity index is 1.76. The Morgan fingerprint density at radius 3 is 2.61 bits per heavy atom. The summed E-state index contributed by atoms with van der Waals surface area (Å²) < 4.78 is 0. The van der Waals surface area contributed by atoms with E-state index in [0.717, 1.165) is 19.0 Å². The highest BCUT2D eigenvalue weighted by Crippen LogP contribution is 2.22. The largest absolute Gasteiger partial charge is 0.335 e. The van der Waals surface area contributed by atoms with Gasteiger partial charge >= 0.3 is 6.03 Å². The van der Waals surface area contributed by atoms with Crippen LogP contribution in [0.4, 0.5) is 4.79 Å². The van der Waals surface area contributed by atoms with Gasteiger partial charge in [-0.25, -0.2) is 4.79 Å². The molecule has 2 amide bonds. The van der Waals surface area contributed by atoms with Gasteiger partial charge in [-0.05, 0) is 38.0 Å². The molecule has 18 heavy (non-hydrogen) atoms. The lowest BCUT2D eigenvalue weighted by molar-refractivity contribution is 0.195. The number of amides is 2. The first kappa shape index (κ1) is 13.7. The van der Waals surface area contributed by atoms with Crippen LogP contribution in [0.3, 0.4) is 0 Å². The zero-order chi connectivity index (χ0) is 12.8. The minimum Gasteiger partial charge on any atom is -0.335 e. The molecule has 2 rings (SSSR count). The number of carbonyl (C=O) groups is 1. The second-order valence-corrected chi connectivity index (χ2v) is 6.00. The minimum atomic E-state index is 0.194. The standard InChI is InChI=1S/C15H28N2O/c1-2-6-13-7-5-11-17(12-10-13)15(18)16-14-8-3-4-9-14/h13-14H,2-12H2,1H3,(H,16,18). The van der Waals surface area contributed by atoms with Crippen LogP contribution in [-0.2, 0) is 0 Å². The highest BCUT2D eigenvalue weighted by molar-refractivity contribution is 5.74. The average Bonchev–Trinajstić information content (AvgIpc) is 2.74. The van der Waals surface area contributed by atoms with E-state index in [2.05, 4.69) is 12.2 Å². The molecule has 0 spiro atoms. The maximum absolute atomic E-state index is 12.2. The van der Waals surface area contributed by atoms with Crippen molar-refractivity contribution >= 4 is 6.03 Å². The summed E-state index contributed by atoms with van der Waals surface area (Å²) in [5.74, 6) is 0.847. The van der Waals surface area contributed by atoms with Crippen LogP contribution >= 0.6 is 0 Å². The fourth-order valence-corrected chi connectivity index (χ4v) is 3.40. The van der Waals surface area contributed by atoms with Gasteiger partial charge in [0.15, 0.2) is 0 Å². The van der Waals surface area contributed by atoms with E-state index < -0.39 is 0 Å². The van der Waals surface area contributed by atoms with Crippen LogP contribution in [0.5, 0.6) is 0 Å². The first-order valence-electron chi connectivity index (χ1n) is 7.85. The molecular weight excluding hydrogens is 224 g/mol. The lowest BCUT2D eigenvalue weighted by atomic mass is 9.96. The third-order valence-electron chi connectivity index (χ3n) is 4.51. The highest BCUT2D eigenvalue weighted by atomic mass is 16.2. The molecule has 2 fully saturated rings. The number of hydrogen-bond acceptors (Lipinski definition) is 1. The van der Waals surface area contributed by atoms with Gasteiger partial charge in [-0.1, -0.05) is 32.6 Å². The Morgan fingerprint density at radius 1 is 1.11 bits per heavy atom. The van der Waals surface area contributed by atoms with Crippen molar-refractivity contribution in [2.45, 2.75) is 70.8 Å². The van der Waals surface area contributed by atoms with E-state index >= 15 is 0 Å². The van der Waals surface area contributed by atoms with Gasteiger partial charge in [0.1, 0.15) is 0 Å². The van der Waals surface area contributed by atoms with E-state index in [0.29, 0.717) is 6.04 Å². The van der Waals surface area contributed by atoms with Gasteiger partial charge in [0.25, 0.3) is 0 Å². The van der Waals surface area contributed by atoms with Crippen LogP contribution in [0, 0.1) is 5.92 Å². The summed E-state index contributed by atoms with van der Waals surface area (Å²) in [4.78, 5) is 14.2. The second kappa shape index (κ2) is 7.01. The number of hydrogen-bond donors (Lipinski definition) is 1. The Hall–Kier alpha value is -0.730. The smallest absolute Gasteiger partial charge is 0.317 e. The molecule has 104 valence electrons. The lowest BCUT2D eigenvalue weighted by Gasteiger charge is -2.23. The first-order valence-corrected chi connectivity index (χ1v) is 7.85. The fourth-order valence-electron chi connectivity index (χ4n) is 3.40. The molecule has 1 aliphatic carbocycles. The number of likely N-dealkylation sites (tertiary alicyclic amines) is 1. The normalized spacial score (nSPS) is 26.1. The second-order valence-electron chi connectivity index (χ2n) is 6.00. The third kappa shape index (κ3) is 3.89. The molecule has 1 heterocycles. The predicted molar refractivity (Wildman–Crippen MR) is 74.6 cm³/mol. The molecule has 1 atom stereocenters. The molecule has 3 nitrogen and oxygen atoms in total. The molecule has 1 saturated heterocycles. The molecule has 0 aromatic rings. The maximum atomic E-state index is 12.2. The van der Waals surface area contributed by atoms with Crippen molar-refractivity contribution in [1.29, 1.82) is 0 Å². The molecule has 0 aromatic heterocycles. The quantitative estimate of drug-likeness (QED) is 0.818. The summed E-state index contributed by atoms with van der Waals surface area (Å²) in [6, 6.07) is 0.645. The Kier molecular flexibility index (Phi) is 5.33. The van der Waals surface area contributed by atoms with Gasteiger partial charge in [0.05, 0.1) is 0 Å². The first-order chi connectivity index (χ1) is 8.79. The van der Waals surface area contributed by atoms with Crippen molar-refractivity contribution in [3.8, 4) is 0 Å². The van der Waals surface area contributed by atoms with E-state index in [1.807, 2.05) is 4.90 Å².